The fourth-order valence-electron chi connectivity index (χ4n) is 1.70. The van der Waals surface area contributed by atoms with E-state index < -0.39 is 0 Å². The van der Waals surface area contributed by atoms with E-state index >= 15 is 0 Å². The Labute approximate surface area is 111 Å². The highest BCUT2D eigenvalue weighted by Crippen LogP contribution is 2.24. The van der Waals surface area contributed by atoms with Crippen molar-refractivity contribution in [2.75, 3.05) is 7.11 Å². The van der Waals surface area contributed by atoms with Crippen molar-refractivity contribution in [1.82, 2.24) is 0 Å². The molecule has 1 aromatic rings. The van der Waals surface area contributed by atoms with E-state index in [2.05, 4.69) is 22.9 Å². The number of methoxy groups -OCH3 is 1. The topological polar surface area (TPSA) is 26.3 Å². The Bertz CT molecular complexity index is 374. The summed E-state index contributed by atoms with van der Waals surface area (Å²) >= 11 is 3.41. The SMILES string of the molecule is CCCCCCC(=O)c1ccc(OC)cc1Br. The summed E-state index contributed by atoms with van der Waals surface area (Å²) in [6, 6.07) is 5.48. The molecule has 0 unspecified atom stereocenters. The Morgan fingerprint density at radius 3 is 2.65 bits per heavy atom. The summed E-state index contributed by atoms with van der Waals surface area (Å²) in [5.41, 5.74) is 0.752. The monoisotopic (exact) mass is 298 g/mol. The van der Waals surface area contributed by atoms with Crippen LogP contribution in [0.5, 0.6) is 5.75 Å². The third-order valence-electron chi connectivity index (χ3n) is 2.73. The van der Waals surface area contributed by atoms with Gasteiger partial charge in [-0.05, 0) is 40.5 Å². The Hall–Kier alpha value is -0.830. The van der Waals surface area contributed by atoms with Crippen LogP contribution in [0.25, 0.3) is 0 Å². The molecule has 94 valence electrons. The lowest BCUT2D eigenvalue weighted by molar-refractivity contribution is 0.0978. The van der Waals surface area contributed by atoms with Crippen LogP contribution in [0.15, 0.2) is 22.7 Å². The van der Waals surface area contributed by atoms with Gasteiger partial charge in [-0.2, -0.15) is 0 Å². The van der Waals surface area contributed by atoms with Gasteiger partial charge in [-0.25, -0.2) is 0 Å². The number of ether oxygens (including phenoxy) is 1. The van der Waals surface area contributed by atoms with Gasteiger partial charge in [0.25, 0.3) is 0 Å². The van der Waals surface area contributed by atoms with Gasteiger partial charge < -0.3 is 4.74 Å². The number of benzene rings is 1. The molecule has 0 radical (unpaired) electrons. The third-order valence-corrected chi connectivity index (χ3v) is 3.39. The first-order valence-corrected chi connectivity index (χ1v) is 6.85. The van der Waals surface area contributed by atoms with E-state index in [-0.39, 0.29) is 5.78 Å². The van der Waals surface area contributed by atoms with Crippen LogP contribution in [0.1, 0.15) is 49.4 Å². The van der Waals surface area contributed by atoms with Crippen molar-refractivity contribution in [2.45, 2.75) is 39.0 Å². The zero-order chi connectivity index (χ0) is 12.7. The average molecular weight is 299 g/mol. The first kappa shape index (κ1) is 14.2. The highest BCUT2D eigenvalue weighted by atomic mass is 79.9. The molecule has 0 bridgehead atoms. The Morgan fingerprint density at radius 2 is 2.06 bits per heavy atom. The van der Waals surface area contributed by atoms with Gasteiger partial charge in [0.1, 0.15) is 5.75 Å². The normalized spacial score (nSPS) is 10.3. The first-order chi connectivity index (χ1) is 8.19. The largest absolute Gasteiger partial charge is 0.497 e. The van der Waals surface area contributed by atoms with Gasteiger partial charge in [0, 0.05) is 16.5 Å². The lowest BCUT2D eigenvalue weighted by atomic mass is 10.0. The molecule has 0 aliphatic carbocycles. The number of carbonyl (C=O) groups is 1. The number of unbranched alkanes of at least 4 members (excludes halogenated alkanes) is 3. The quantitative estimate of drug-likeness (QED) is 0.543. The number of hydrogen-bond donors (Lipinski definition) is 0. The summed E-state index contributed by atoms with van der Waals surface area (Å²) in [4.78, 5) is 12.0. The number of hydrogen-bond acceptors (Lipinski definition) is 2. The Kier molecular flexibility index (Phi) is 6.27. The van der Waals surface area contributed by atoms with Crippen molar-refractivity contribution < 1.29 is 9.53 Å². The summed E-state index contributed by atoms with van der Waals surface area (Å²) in [6.07, 6.45) is 5.14. The maximum Gasteiger partial charge on any atom is 0.164 e. The van der Waals surface area contributed by atoms with Gasteiger partial charge >= 0.3 is 0 Å². The minimum Gasteiger partial charge on any atom is -0.497 e. The second-order valence-electron chi connectivity index (χ2n) is 4.08. The van der Waals surface area contributed by atoms with Crippen molar-refractivity contribution in [3.05, 3.63) is 28.2 Å². The lowest BCUT2D eigenvalue weighted by Gasteiger charge is -2.06. The van der Waals surface area contributed by atoms with E-state index in [0.717, 1.165) is 28.6 Å². The molecule has 0 atom stereocenters. The number of halogens is 1. The minimum atomic E-state index is 0.204. The molecule has 0 N–H and O–H groups in total. The van der Waals surface area contributed by atoms with E-state index in [1.54, 1.807) is 7.11 Å². The molecule has 0 aliphatic heterocycles. The fourth-order valence-corrected chi connectivity index (χ4v) is 2.27. The predicted octanol–water partition coefficient (Wildman–Crippen LogP) is 4.61. The molecule has 0 aromatic heterocycles. The molecule has 2 nitrogen and oxygen atoms in total. The molecule has 1 aromatic carbocycles. The van der Waals surface area contributed by atoms with Gasteiger partial charge in [0.15, 0.2) is 5.78 Å². The van der Waals surface area contributed by atoms with Crippen LogP contribution < -0.4 is 4.74 Å². The number of ketones is 1. The van der Waals surface area contributed by atoms with Crippen molar-refractivity contribution in [3.63, 3.8) is 0 Å². The van der Waals surface area contributed by atoms with Gasteiger partial charge in [-0.1, -0.05) is 26.2 Å². The van der Waals surface area contributed by atoms with E-state index in [0.29, 0.717) is 6.42 Å². The van der Waals surface area contributed by atoms with Gasteiger partial charge in [0.2, 0.25) is 0 Å². The van der Waals surface area contributed by atoms with E-state index in [1.807, 2.05) is 18.2 Å². The highest BCUT2D eigenvalue weighted by molar-refractivity contribution is 9.10. The average Bonchev–Trinajstić information content (AvgIpc) is 2.34. The molecule has 0 fully saturated rings. The summed E-state index contributed by atoms with van der Waals surface area (Å²) in [5.74, 6) is 0.968. The molecule has 0 spiro atoms. The number of carbonyl (C=O) groups excluding carboxylic acids is 1. The molecule has 0 aliphatic rings. The second-order valence-corrected chi connectivity index (χ2v) is 4.93. The fraction of sp³-hybridized carbons (Fsp3) is 0.500. The van der Waals surface area contributed by atoms with E-state index in [1.165, 1.54) is 12.8 Å². The van der Waals surface area contributed by atoms with Crippen LogP contribution in [0.3, 0.4) is 0 Å². The molecule has 0 saturated carbocycles. The lowest BCUT2D eigenvalue weighted by Crippen LogP contribution is -2.00. The van der Waals surface area contributed by atoms with Gasteiger partial charge in [0.05, 0.1) is 7.11 Å². The predicted molar refractivity (Wildman–Crippen MR) is 73.8 cm³/mol. The van der Waals surface area contributed by atoms with Crippen LogP contribution >= 0.6 is 15.9 Å². The van der Waals surface area contributed by atoms with Gasteiger partial charge in [-0.3, -0.25) is 4.79 Å². The maximum absolute atomic E-state index is 12.0. The summed E-state index contributed by atoms with van der Waals surface area (Å²) in [7, 11) is 1.62. The molecular formula is C14H19BrO2. The molecule has 3 heteroatoms. The Morgan fingerprint density at radius 1 is 1.29 bits per heavy atom. The zero-order valence-corrected chi connectivity index (χ0v) is 12.0. The molecule has 17 heavy (non-hydrogen) atoms. The second kappa shape index (κ2) is 7.49. The van der Waals surface area contributed by atoms with Crippen LogP contribution in [0.2, 0.25) is 0 Å². The van der Waals surface area contributed by atoms with Crippen molar-refractivity contribution >= 4 is 21.7 Å². The molecule has 1 rings (SSSR count). The number of rotatable bonds is 7. The van der Waals surface area contributed by atoms with Crippen LogP contribution in [-0.4, -0.2) is 12.9 Å². The summed E-state index contributed by atoms with van der Waals surface area (Å²) in [5, 5.41) is 0. The zero-order valence-electron chi connectivity index (χ0n) is 10.5. The standard InChI is InChI=1S/C14H19BrO2/c1-3-4-5-6-7-14(16)12-9-8-11(17-2)10-13(12)15/h8-10H,3-7H2,1-2H3. The highest BCUT2D eigenvalue weighted by Gasteiger charge is 2.10. The van der Waals surface area contributed by atoms with Crippen LogP contribution in [-0.2, 0) is 0 Å². The van der Waals surface area contributed by atoms with E-state index in [9.17, 15) is 4.79 Å². The molecule has 0 heterocycles. The maximum atomic E-state index is 12.0. The smallest absolute Gasteiger partial charge is 0.164 e. The van der Waals surface area contributed by atoms with Crippen molar-refractivity contribution in [1.29, 1.82) is 0 Å². The minimum absolute atomic E-state index is 0.204. The van der Waals surface area contributed by atoms with Crippen LogP contribution in [0.4, 0.5) is 0 Å². The Balaban J connectivity index is 2.57. The molecular weight excluding hydrogens is 280 g/mol. The number of Topliss-reactive ketones (excluding diaryl/α,β-unsaturated/α-hetero) is 1. The third kappa shape index (κ3) is 4.50. The van der Waals surface area contributed by atoms with Gasteiger partial charge in [-0.15, -0.1) is 0 Å². The summed E-state index contributed by atoms with van der Waals surface area (Å²) in [6.45, 7) is 2.17. The van der Waals surface area contributed by atoms with E-state index in [4.69, 9.17) is 4.74 Å². The molecule has 0 saturated heterocycles. The van der Waals surface area contributed by atoms with Crippen LogP contribution in [0, 0.1) is 0 Å². The van der Waals surface area contributed by atoms with Crippen molar-refractivity contribution in [3.8, 4) is 5.75 Å². The van der Waals surface area contributed by atoms with Crippen molar-refractivity contribution in [2.24, 2.45) is 0 Å². The summed E-state index contributed by atoms with van der Waals surface area (Å²) < 4.78 is 5.92. The first-order valence-electron chi connectivity index (χ1n) is 6.05. The molecule has 0 amide bonds.